The monoisotopic (exact) mass is 640 g/mol. The van der Waals surface area contributed by atoms with Crippen molar-refractivity contribution >= 4 is 22.8 Å². The number of benzene rings is 2. The Kier molecular flexibility index (Phi) is 8.72. The number of nitrogens with zero attached hydrogens (tertiary/aromatic N) is 1. The van der Waals surface area contributed by atoms with Crippen LogP contribution in [-0.2, 0) is 29.0 Å². The summed E-state index contributed by atoms with van der Waals surface area (Å²) >= 11 is 0. The molecule has 6 rings (SSSR count). The fraction of sp³-hybridized carbons (Fsp3) is 0.378. The number of anilines is 1. The zero-order chi connectivity index (χ0) is 33.5. The van der Waals surface area contributed by atoms with Crippen LogP contribution in [0.15, 0.2) is 69.5 Å². The molecule has 0 bridgehead atoms. The van der Waals surface area contributed by atoms with Gasteiger partial charge < -0.3 is 34.9 Å². The van der Waals surface area contributed by atoms with Crippen molar-refractivity contribution in [2.24, 2.45) is 5.92 Å². The molecule has 10 heteroatoms. The summed E-state index contributed by atoms with van der Waals surface area (Å²) in [6.45, 7) is 4.94. The number of aliphatic hydroxyl groups excluding tert-OH is 1. The Balaban J connectivity index is 1.55. The van der Waals surface area contributed by atoms with E-state index < -0.39 is 35.6 Å². The molecule has 2 aromatic heterocycles. The Labute approximate surface area is 272 Å². The number of carbonyl (C=O) groups excluding carboxylic acids is 1. The molecule has 1 aliphatic carbocycles. The molecule has 3 heterocycles. The van der Waals surface area contributed by atoms with Crippen LogP contribution in [0, 0.1) is 5.92 Å². The van der Waals surface area contributed by atoms with Crippen molar-refractivity contribution in [3.63, 3.8) is 0 Å². The zero-order valence-electron chi connectivity index (χ0n) is 26.8. The van der Waals surface area contributed by atoms with Gasteiger partial charge in [0.2, 0.25) is 0 Å². The molecule has 246 valence electrons. The highest BCUT2D eigenvalue weighted by atomic mass is 16.6. The minimum Gasteiger partial charge on any atom is -0.508 e. The van der Waals surface area contributed by atoms with Gasteiger partial charge in [-0.1, -0.05) is 31.1 Å². The maximum absolute atomic E-state index is 13.6. The Bertz CT molecular complexity index is 1920. The van der Waals surface area contributed by atoms with E-state index >= 15 is 0 Å². The molecular formula is C37H40N2O8. The second-order valence-electron chi connectivity index (χ2n) is 13.0. The van der Waals surface area contributed by atoms with Gasteiger partial charge in [-0.15, -0.1) is 0 Å². The van der Waals surface area contributed by atoms with Gasteiger partial charge in [0.15, 0.2) is 5.43 Å². The van der Waals surface area contributed by atoms with Crippen LogP contribution in [0.2, 0.25) is 0 Å². The lowest BCUT2D eigenvalue weighted by molar-refractivity contribution is -0.157. The van der Waals surface area contributed by atoms with Crippen LogP contribution in [0.25, 0.3) is 11.0 Å². The lowest BCUT2D eigenvalue weighted by atomic mass is 9.80. The first-order valence-corrected chi connectivity index (χ1v) is 16.0. The van der Waals surface area contributed by atoms with Crippen molar-refractivity contribution in [2.75, 3.05) is 5.73 Å². The Morgan fingerprint density at radius 3 is 2.62 bits per heavy atom. The Morgan fingerprint density at radius 2 is 1.94 bits per heavy atom. The highest BCUT2D eigenvalue weighted by Crippen LogP contribution is 2.50. The molecule has 2 aromatic carbocycles. The standard InChI is InChI=1S/C37H40N2O8/c1-4-25(21-9-5-6-10-21)36(44)46-29-18-27-33(43)32-28(42)17-24(19-40)45-35(32)31(34(27)47-37(29,2)3)26(22-12-13-39-30(38)16-22)15-20-8-7-11-23(41)14-20/h4,7-8,11-14,16-17,21,26,29,40-41,43H,5-6,9-10,15,18-19H2,1-3H3,(H2,38,39). The Morgan fingerprint density at radius 1 is 1.17 bits per heavy atom. The van der Waals surface area contributed by atoms with Crippen molar-refractivity contribution in [3.8, 4) is 17.2 Å². The van der Waals surface area contributed by atoms with Gasteiger partial charge in [-0.3, -0.25) is 4.79 Å². The second kappa shape index (κ2) is 12.8. The van der Waals surface area contributed by atoms with Gasteiger partial charge in [-0.2, -0.15) is 0 Å². The van der Waals surface area contributed by atoms with E-state index in [0.717, 1.165) is 42.9 Å². The summed E-state index contributed by atoms with van der Waals surface area (Å²) in [7, 11) is 0. The number of phenols is 2. The third kappa shape index (κ3) is 6.17. The van der Waals surface area contributed by atoms with Crippen molar-refractivity contribution in [3.05, 3.63) is 98.5 Å². The van der Waals surface area contributed by atoms with Crippen LogP contribution in [-0.4, -0.2) is 38.0 Å². The average molecular weight is 641 g/mol. The number of fused-ring (bicyclic) bond motifs is 2. The van der Waals surface area contributed by atoms with E-state index in [1.165, 1.54) is 0 Å². The molecule has 0 amide bonds. The van der Waals surface area contributed by atoms with Crippen molar-refractivity contribution in [2.45, 2.75) is 83.5 Å². The van der Waals surface area contributed by atoms with Crippen molar-refractivity contribution in [1.29, 1.82) is 0 Å². The van der Waals surface area contributed by atoms with Gasteiger partial charge in [-0.05, 0) is 81.3 Å². The maximum atomic E-state index is 13.6. The molecule has 5 N–H and O–H groups in total. The molecule has 47 heavy (non-hydrogen) atoms. The first-order chi connectivity index (χ1) is 22.5. The van der Waals surface area contributed by atoms with Crippen LogP contribution in [0.1, 0.15) is 80.4 Å². The molecule has 2 atom stereocenters. The van der Waals surface area contributed by atoms with Crippen LogP contribution in [0.5, 0.6) is 17.2 Å². The maximum Gasteiger partial charge on any atom is 0.334 e. The number of nitrogens with two attached hydrogens (primary N) is 1. The fourth-order valence-corrected chi connectivity index (χ4v) is 7.07. The van der Waals surface area contributed by atoms with Gasteiger partial charge in [0.05, 0.1) is 0 Å². The first-order valence-electron chi connectivity index (χ1n) is 16.0. The highest BCUT2D eigenvalue weighted by Gasteiger charge is 2.45. The van der Waals surface area contributed by atoms with Crippen LogP contribution >= 0.6 is 0 Å². The molecular weight excluding hydrogens is 600 g/mol. The molecule has 2 aliphatic rings. The molecule has 4 aromatic rings. The SMILES string of the molecule is CC=C(C(=O)OC1Cc2c(c(C(Cc3cccc(O)c3)c3ccnc(N)c3)c3oc(CO)cc(=O)c3c2O)OC1(C)C)C1CCCC1. The molecule has 0 saturated heterocycles. The molecule has 1 fully saturated rings. The summed E-state index contributed by atoms with van der Waals surface area (Å²) < 4.78 is 19.0. The quantitative estimate of drug-likeness (QED) is 0.136. The molecule has 1 saturated carbocycles. The van der Waals surface area contributed by atoms with E-state index in [-0.39, 0.29) is 52.1 Å². The predicted molar refractivity (Wildman–Crippen MR) is 176 cm³/mol. The molecule has 0 radical (unpaired) electrons. The minimum atomic E-state index is -1.06. The number of aromatic nitrogens is 1. The number of allylic oxidation sites excluding steroid dienone is 1. The molecule has 10 nitrogen and oxygen atoms in total. The highest BCUT2D eigenvalue weighted by molar-refractivity contribution is 5.92. The van der Waals surface area contributed by atoms with Gasteiger partial charge in [0.1, 0.15) is 58.1 Å². The molecule has 2 unspecified atom stereocenters. The lowest BCUT2D eigenvalue weighted by Crippen LogP contribution is -2.49. The van der Waals surface area contributed by atoms with E-state index in [1.54, 1.807) is 36.5 Å². The van der Waals surface area contributed by atoms with E-state index in [2.05, 4.69) is 4.98 Å². The number of ether oxygens (including phenoxy) is 2. The number of aliphatic hydroxyl groups is 1. The van der Waals surface area contributed by atoms with Crippen molar-refractivity contribution in [1.82, 2.24) is 4.98 Å². The Hall–Kier alpha value is -4.83. The first kappa shape index (κ1) is 32.1. The second-order valence-corrected chi connectivity index (χ2v) is 13.0. The number of carbonyl (C=O) groups is 1. The number of rotatable bonds is 8. The number of aromatic hydroxyl groups is 2. The van der Waals surface area contributed by atoms with Crippen LogP contribution in [0.4, 0.5) is 5.82 Å². The normalized spacial score (nSPS) is 18.5. The van der Waals surface area contributed by atoms with Gasteiger partial charge >= 0.3 is 5.97 Å². The van der Waals surface area contributed by atoms with Gasteiger partial charge in [0.25, 0.3) is 0 Å². The smallest absolute Gasteiger partial charge is 0.334 e. The summed E-state index contributed by atoms with van der Waals surface area (Å²) in [5, 5.41) is 31.9. The number of esters is 1. The number of hydrogen-bond donors (Lipinski definition) is 4. The van der Waals surface area contributed by atoms with Crippen LogP contribution < -0.4 is 15.9 Å². The third-order valence-electron chi connectivity index (χ3n) is 9.47. The van der Waals surface area contributed by atoms with E-state index in [4.69, 9.17) is 19.6 Å². The van der Waals surface area contributed by atoms with Gasteiger partial charge in [0, 0.05) is 41.3 Å². The fourth-order valence-electron chi connectivity index (χ4n) is 7.07. The molecule has 0 spiro atoms. The number of nitrogen functional groups attached to an aromatic ring is 1. The summed E-state index contributed by atoms with van der Waals surface area (Å²) in [5.41, 5.74) is 7.49. The largest absolute Gasteiger partial charge is 0.508 e. The van der Waals surface area contributed by atoms with E-state index in [1.807, 2.05) is 32.9 Å². The summed E-state index contributed by atoms with van der Waals surface area (Å²) in [6, 6.07) is 11.5. The van der Waals surface area contributed by atoms with Crippen LogP contribution in [0.3, 0.4) is 0 Å². The third-order valence-corrected chi connectivity index (χ3v) is 9.47. The molecule has 1 aliphatic heterocycles. The minimum absolute atomic E-state index is 0.0149. The topological polar surface area (TPSA) is 165 Å². The summed E-state index contributed by atoms with van der Waals surface area (Å²) in [4.78, 5) is 31.3. The predicted octanol–water partition coefficient (Wildman–Crippen LogP) is 5.81. The van der Waals surface area contributed by atoms with E-state index in [0.29, 0.717) is 23.1 Å². The summed E-state index contributed by atoms with van der Waals surface area (Å²) in [6.07, 6.45) is 6.99. The average Bonchev–Trinajstić information content (AvgIpc) is 3.56. The number of phenolic OH excluding ortho intramolecular Hbond substituents is 2. The lowest BCUT2D eigenvalue weighted by Gasteiger charge is -2.41. The van der Waals surface area contributed by atoms with Crippen molar-refractivity contribution < 1.29 is 34.0 Å². The van der Waals surface area contributed by atoms with Gasteiger partial charge in [-0.25, -0.2) is 9.78 Å². The summed E-state index contributed by atoms with van der Waals surface area (Å²) in [5.74, 6) is -0.521. The number of hydrogen-bond acceptors (Lipinski definition) is 10. The number of pyridine rings is 1. The zero-order valence-corrected chi connectivity index (χ0v) is 26.8. The van der Waals surface area contributed by atoms with E-state index in [9.17, 15) is 24.9 Å².